The number of carbonyl (C=O) groups excluding carboxylic acids is 1. The fourth-order valence-electron chi connectivity index (χ4n) is 1.64. The highest BCUT2D eigenvalue weighted by Gasteiger charge is 2.34. The first-order valence-electron chi connectivity index (χ1n) is 5.81. The Morgan fingerprint density at radius 2 is 1.61 bits per heavy atom. The standard InChI is InChI=1S/C13H5F7N2O/c14-8-4-6(3-7(5-8)12(15,16)17)10(23)11-21-2-1-9(22-11)13(18,19)20/h1-5H. The molecule has 3 nitrogen and oxygen atoms in total. The molecule has 0 N–H and O–H groups in total. The fourth-order valence-corrected chi connectivity index (χ4v) is 1.64. The van der Waals surface area contributed by atoms with E-state index >= 15 is 0 Å². The largest absolute Gasteiger partial charge is 0.433 e. The molecule has 1 aromatic heterocycles. The van der Waals surface area contributed by atoms with E-state index in [9.17, 15) is 35.5 Å². The molecule has 0 bridgehead atoms. The van der Waals surface area contributed by atoms with Crippen LogP contribution < -0.4 is 0 Å². The summed E-state index contributed by atoms with van der Waals surface area (Å²) < 4.78 is 88.5. The first kappa shape index (κ1) is 16.8. The monoisotopic (exact) mass is 338 g/mol. The van der Waals surface area contributed by atoms with Crippen molar-refractivity contribution in [3.8, 4) is 0 Å². The Hall–Kier alpha value is -2.52. The van der Waals surface area contributed by atoms with Gasteiger partial charge in [0.05, 0.1) is 5.56 Å². The highest BCUT2D eigenvalue weighted by Crippen LogP contribution is 2.31. The molecule has 23 heavy (non-hydrogen) atoms. The molecule has 0 unspecified atom stereocenters. The van der Waals surface area contributed by atoms with Crippen LogP contribution in [0.3, 0.4) is 0 Å². The van der Waals surface area contributed by atoms with Crippen LogP contribution in [0.2, 0.25) is 0 Å². The van der Waals surface area contributed by atoms with E-state index in [1.807, 2.05) is 0 Å². The van der Waals surface area contributed by atoms with E-state index in [1.165, 1.54) is 0 Å². The molecule has 122 valence electrons. The molecule has 1 aromatic carbocycles. The van der Waals surface area contributed by atoms with Crippen molar-refractivity contribution in [3.63, 3.8) is 0 Å². The van der Waals surface area contributed by atoms with Crippen LogP contribution >= 0.6 is 0 Å². The molecule has 0 aliphatic heterocycles. The number of halogens is 7. The Balaban J connectivity index is 2.48. The molecule has 0 radical (unpaired) electrons. The summed E-state index contributed by atoms with van der Waals surface area (Å²) in [7, 11) is 0. The van der Waals surface area contributed by atoms with E-state index in [0.29, 0.717) is 24.4 Å². The average Bonchev–Trinajstić information content (AvgIpc) is 2.44. The Bertz CT molecular complexity index is 753. The molecular formula is C13H5F7N2O. The van der Waals surface area contributed by atoms with Gasteiger partial charge < -0.3 is 0 Å². The summed E-state index contributed by atoms with van der Waals surface area (Å²) in [4.78, 5) is 18.2. The van der Waals surface area contributed by atoms with Crippen molar-refractivity contribution in [1.29, 1.82) is 0 Å². The number of benzene rings is 1. The number of alkyl halides is 6. The number of nitrogens with zero attached hydrogens (tertiary/aromatic N) is 2. The third-order valence-corrected chi connectivity index (χ3v) is 2.64. The Morgan fingerprint density at radius 3 is 2.17 bits per heavy atom. The molecule has 0 aliphatic rings. The van der Waals surface area contributed by atoms with Gasteiger partial charge in [-0.1, -0.05) is 0 Å². The van der Waals surface area contributed by atoms with Gasteiger partial charge in [0.15, 0.2) is 0 Å². The highest BCUT2D eigenvalue weighted by molar-refractivity contribution is 6.06. The zero-order chi connectivity index (χ0) is 17.4. The van der Waals surface area contributed by atoms with Gasteiger partial charge in [0.2, 0.25) is 11.6 Å². The molecule has 0 amide bonds. The van der Waals surface area contributed by atoms with Crippen LogP contribution in [0.25, 0.3) is 0 Å². The topological polar surface area (TPSA) is 42.9 Å². The Labute approximate surface area is 123 Å². The molecular weight excluding hydrogens is 333 g/mol. The predicted octanol–water partition coefficient (Wildman–Crippen LogP) is 3.88. The van der Waals surface area contributed by atoms with Gasteiger partial charge in [0.1, 0.15) is 11.5 Å². The van der Waals surface area contributed by atoms with Gasteiger partial charge >= 0.3 is 12.4 Å². The maximum atomic E-state index is 13.2. The normalized spacial score (nSPS) is 12.3. The molecule has 0 saturated heterocycles. The van der Waals surface area contributed by atoms with E-state index < -0.39 is 46.6 Å². The molecule has 0 spiro atoms. The lowest BCUT2D eigenvalue weighted by Gasteiger charge is -2.09. The van der Waals surface area contributed by atoms with E-state index in [2.05, 4.69) is 9.97 Å². The fraction of sp³-hybridized carbons (Fsp3) is 0.154. The summed E-state index contributed by atoms with van der Waals surface area (Å²) in [5.74, 6) is -3.71. The summed E-state index contributed by atoms with van der Waals surface area (Å²) in [6, 6.07) is 1.42. The minimum absolute atomic E-state index is 0.157. The van der Waals surface area contributed by atoms with Gasteiger partial charge in [0, 0.05) is 11.8 Å². The predicted molar refractivity (Wildman–Crippen MR) is 61.9 cm³/mol. The van der Waals surface area contributed by atoms with Gasteiger partial charge in [-0.15, -0.1) is 0 Å². The third kappa shape index (κ3) is 3.82. The number of ketones is 1. The maximum Gasteiger partial charge on any atom is 0.433 e. The van der Waals surface area contributed by atoms with E-state index in [4.69, 9.17) is 0 Å². The van der Waals surface area contributed by atoms with Crippen LogP contribution in [0.15, 0.2) is 30.5 Å². The van der Waals surface area contributed by atoms with Crippen molar-refractivity contribution in [2.24, 2.45) is 0 Å². The maximum absolute atomic E-state index is 13.2. The molecule has 2 aromatic rings. The van der Waals surface area contributed by atoms with Gasteiger partial charge in [-0.2, -0.15) is 26.3 Å². The Kier molecular flexibility index (Phi) is 4.10. The van der Waals surface area contributed by atoms with Crippen molar-refractivity contribution in [2.75, 3.05) is 0 Å². The van der Waals surface area contributed by atoms with E-state index in [1.54, 1.807) is 0 Å². The van der Waals surface area contributed by atoms with Crippen molar-refractivity contribution in [3.05, 3.63) is 58.9 Å². The zero-order valence-electron chi connectivity index (χ0n) is 10.8. The molecule has 0 fully saturated rings. The van der Waals surface area contributed by atoms with E-state index in [0.717, 1.165) is 0 Å². The SMILES string of the molecule is O=C(c1cc(F)cc(C(F)(F)F)c1)c1nccc(C(F)(F)F)n1. The quantitative estimate of drug-likeness (QED) is 0.616. The molecule has 0 atom stereocenters. The van der Waals surface area contributed by atoms with Gasteiger partial charge in [-0.25, -0.2) is 14.4 Å². The molecule has 0 saturated carbocycles. The van der Waals surface area contributed by atoms with Crippen molar-refractivity contribution in [2.45, 2.75) is 12.4 Å². The highest BCUT2D eigenvalue weighted by atomic mass is 19.4. The number of hydrogen-bond acceptors (Lipinski definition) is 3. The van der Waals surface area contributed by atoms with Gasteiger partial charge in [-0.05, 0) is 24.3 Å². The summed E-state index contributed by atoms with van der Waals surface area (Å²) >= 11 is 0. The lowest BCUT2D eigenvalue weighted by atomic mass is 10.1. The second kappa shape index (κ2) is 5.60. The minimum Gasteiger partial charge on any atom is -0.285 e. The van der Waals surface area contributed by atoms with Crippen molar-refractivity contribution >= 4 is 5.78 Å². The molecule has 0 aliphatic carbocycles. The first-order valence-corrected chi connectivity index (χ1v) is 5.81. The second-order valence-corrected chi connectivity index (χ2v) is 4.32. The number of aromatic nitrogens is 2. The average molecular weight is 338 g/mol. The molecule has 2 rings (SSSR count). The number of rotatable bonds is 2. The first-order chi connectivity index (χ1) is 10.5. The summed E-state index contributed by atoms with van der Waals surface area (Å²) in [5, 5.41) is 0. The van der Waals surface area contributed by atoms with Crippen LogP contribution in [0, 0.1) is 5.82 Å². The second-order valence-electron chi connectivity index (χ2n) is 4.32. The lowest BCUT2D eigenvalue weighted by Crippen LogP contribution is -2.15. The van der Waals surface area contributed by atoms with Crippen LogP contribution in [0.5, 0.6) is 0 Å². The number of carbonyl (C=O) groups is 1. The van der Waals surface area contributed by atoms with Gasteiger partial charge in [-0.3, -0.25) is 4.79 Å². The molecule has 10 heteroatoms. The third-order valence-electron chi connectivity index (χ3n) is 2.64. The summed E-state index contributed by atoms with van der Waals surface area (Å²) in [5.41, 5.74) is -3.70. The smallest absolute Gasteiger partial charge is 0.285 e. The molecule has 1 heterocycles. The van der Waals surface area contributed by atoms with Crippen LogP contribution in [0.4, 0.5) is 30.7 Å². The van der Waals surface area contributed by atoms with Crippen LogP contribution in [-0.2, 0) is 12.4 Å². The Morgan fingerprint density at radius 1 is 0.957 bits per heavy atom. The summed E-state index contributed by atoms with van der Waals surface area (Å²) in [6.45, 7) is 0. The lowest BCUT2D eigenvalue weighted by molar-refractivity contribution is -0.141. The van der Waals surface area contributed by atoms with Gasteiger partial charge in [0.25, 0.3) is 0 Å². The number of hydrogen-bond donors (Lipinski definition) is 0. The van der Waals surface area contributed by atoms with Crippen LogP contribution in [0.1, 0.15) is 27.4 Å². The van der Waals surface area contributed by atoms with Crippen molar-refractivity contribution < 1.29 is 35.5 Å². The minimum atomic E-state index is -4.92. The van der Waals surface area contributed by atoms with Crippen molar-refractivity contribution in [1.82, 2.24) is 9.97 Å². The summed E-state index contributed by atoms with van der Waals surface area (Å²) in [6.07, 6.45) is -9.16. The van der Waals surface area contributed by atoms with E-state index in [-0.39, 0.29) is 6.07 Å². The van der Waals surface area contributed by atoms with Crippen LogP contribution in [-0.4, -0.2) is 15.8 Å². The zero-order valence-corrected chi connectivity index (χ0v) is 10.8.